The number of carboxylic acid groups (broad SMARTS) is 1. The van der Waals surface area contributed by atoms with Crippen molar-refractivity contribution in [1.29, 1.82) is 0 Å². The second-order valence-corrected chi connectivity index (χ2v) is 6.05. The van der Waals surface area contributed by atoms with E-state index in [1.807, 2.05) is 6.07 Å². The molecule has 0 amide bonds. The van der Waals surface area contributed by atoms with Gasteiger partial charge in [0.1, 0.15) is 0 Å². The molecule has 1 aromatic carbocycles. The molecule has 2 N–H and O–H groups in total. The smallest absolute Gasteiger partial charge is 0.337 e. The lowest BCUT2D eigenvalue weighted by Gasteiger charge is -2.23. The first-order valence-corrected chi connectivity index (χ1v) is 7.11. The lowest BCUT2D eigenvalue weighted by molar-refractivity contribution is 0.0699. The van der Waals surface area contributed by atoms with Crippen LogP contribution in [0.5, 0.6) is 0 Å². The highest BCUT2D eigenvalue weighted by molar-refractivity contribution is 6.00. The number of aromatic amines is 1. The molecule has 104 valence electrons. The molecule has 2 fully saturated rings. The highest BCUT2D eigenvalue weighted by Gasteiger charge is 2.41. The van der Waals surface area contributed by atoms with Gasteiger partial charge in [-0.05, 0) is 43.2 Å². The molecule has 5 heteroatoms. The van der Waals surface area contributed by atoms with Gasteiger partial charge in [0.05, 0.1) is 16.6 Å². The van der Waals surface area contributed by atoms with Gasteiger partial charge in [0.25, 0.3) is 0 Å². The summed E-state index contributed by atoms with van der Waals surface area (Å²) in [6, 6.07) is 5.32. The minimum atomic E-state index is -1.00. The number of rotatable bonds is 2. The zero-order valence-electron chi connectivity index (χ0n) is 11.0. The van der Waals surface area contributed by atoms with E-state index in [9.17, 15) is 14.7 Å². The number of nitrogens with zero attached hydrogens (tertiary/aromatic N) is 1. The molecule has 3 atom stereocenters. The molecular weight excluding hydrogens is 256 g/mol. The molecule has 2 bridgehead atoms. The maximum absolute atomic E-state index is 12.3. The molecule has 0 spiro atoms. The highest BCUT2D eigenvalue weighted by Crippen LogP contribution is 2.50. The van der Waals surface area contributed by atoms with E-state index in [1.54, 1.807) is 10.6 Å². The molecule has 2 saturated carbocycles. The van der Waals surface area contributed by atoms with E-state index in [2.05, 4.69) is 4.98 Å². The fourth-order valence-electron chi connectivity index (χ4n) is 4.18. The van der Waals surface area contributed by atoms with Crippen LogP contribution >= 0.6 is 0 Å². The van der Waals surface area contributed by atoms with Crippen molar-refractivity contribution in [2.75, 3.05) is 0 Å². The van der Waals surface area contributed by atoms with Gasteiger partial charge in [-0.2, -0.15) is 0 Å². The van der Waals surface area contributed by atoms with Crippen molar-refractivity contribution >= 4 is 17.0 Å². The third kappa shape index (κ3) is 1.49. The Morgan fingerprint density at radius 1 is 1.30 bits per heavy atom. The predicted octanol–water partition coefficient (Wildman–Crippen LogP) is 2.39. The van der Waals surface area contributed by atoms with Crippen molar-refractivity contribution in [1.82, 2.24) is 9.55 Å². The highest BCUT2D eigenvalue weighted by atomic mass is 16.4. The lowest BCUT2D eigenvalue weighted by Crippen LogP contribution is -2.26. The van der Waals surface area contributed by atoms with Crippen LogP contribution in [0, 0.1) is 11.8 Å². The summed E-state index contributed by atoms with van der Waals surface area (Å²) in [6.07, 6.45) is 4.73. The number of imidazole rings is 1. The predicted molar refractivity (Wildman–Crippen MR) is 74.0 cm³/mol. The van der Waals surface area contributed by atoms with E-state index in [-0.39, 0.29) is 17.3 Å². The Morgan fingerprint density at radius 2 is 2.15 bits per heavy atom. The van der Waals surface area contributed by atoms with Gasteiger partial charge in [-0.15, -0.1) is 0 Å². The Hall–Kier alpha value is -2.04. The number of H-pyrrole nitrogens is 1. The zero-order valence-corrected chi connectivity index (χ0v) is 11.0. The number of fused-ring (bicyclic) bond motifs is 3. The summed E-state index contributed by atoms with van der Waals surface area (Å²) in [5, 5.41) is 9.22. The number of aromatic nitrogens is 2. The number of hydrogen-bond acceptors (Lipinski definition) is 2. The fourth-order valence-corrected chi connectivity index (χ4v) is 4.18. The summed E-state index contributed by atoms with van der Waals surface area (Å²) >= 11 is 0. The van der Waals surface area contributed by atoms with Gasteiger partial charge in [0, 0.05) is 6.04 Å². The minimum Gasteiger partial charge on any atom is -0.478 e. The third-order valence-electron chi connectivity index (χ3n) is 5.02. The molecule has 0 aliphatic heterocycles. The number of hydrogen-bond donors (Lipinski definition) is 2. The van der Waals surface area contributed by atoms with Crippen molar-refractivity contribution in [3.8, 4) is 0 Å². The molecule has 2 aromatic rings. The first-order valence-electron chi connectivity index (χ1n) is 7.11. The fraction of sp³-hybridized carbons (Fsp3) is 0.467. The number of benzene rings is 1. The Labute approximate surface area is 115 Å². The molecular formula is C15H16N2O3. The second-order valence-electron chi connectivity index (χ2n) is 6.05. The van der Waals surface area contributed by atoms with Crippen molar-refractivity contribution in [2.24, 2.45) is 11.8 Å². The zero-order chi connectivity index (χ0) is 13.9. The largest absolute Gasteiger partial charge is 0.478 e. The standard InChI is InChI=1S/C15H16N2O3/c18-14(19)10-2-1-3-11-13(10)16-15(20)17(11)12-7-8-4-5-9(12)6-8/h1-3,8-9,12H,4-7H2,(H,16,20)(H,18,19). The van der Waals surface area contributed by atoms with E-state index in [1.165, 1.54) is 25.3 Å². The van der Waals surface area contributed by atoms with E-state index in [0.717, 1.165) is 17.9 Å². The van der Waals surface area contributed by atoms with Crippen molar-refractivity contribution < 1.29 is 9.90 Å². The molecule has 5 nitrogen and oxygen atoms in total. The van der Waals surface area contributed by atoms with Gasteiger partial charge < -0.3 is 10.1 Å². The number of para-hydroxylation sites is 1. The maximum Gasteiger partial charge on any atom is 0.337 e. The van der Waals surface area contributed by atoms with Crippen LogP contribution < -0.4 is 5.69 Å². The topological polar surface area (TPSA) is 75.1 Å². The van der Waals surface area contributed by atoms with Crippen molar-refractivity contribution in [2.45, 2.75) is 31.7 Å². The van der Waals surface area contributed by atoms with E-state index in [0.29, 0.717) is 11.4 Å². The molecule has 0 saturated heterocycles. The Morgan fingerprint density at radius 3 is 2.80 bits per heavy atom. The molecule has 20 heavy (non-hydrogen) atoms. The van der Waals surface area contributed by atoms with Crippen LogP contribution in [0.1, 0.15) is 42.1 Å². The van der Waals surface area contributed by atoms with Crippen LogP contribution in [0.15, 0.2) is 23.0 Å². The van der Waals surface area contributed by atoms with E-state index < -0.39 is 5.97 Å². The summed E-state index contributed by atoms with van der Waals surface area (Å²) in [5.74, 6) is 0.312. The summed E-state index contributed by atoms with van der Waals surface area (Å²) in [5.41, 5.74) is 1.17. The number of nitrogens with one attached hydrogen (secondary N) is 1. The van der Waals surface area contributed by atoms with Gasteiger partial charge in [0.15, 0.2) is 0 Å². The molecule has 0 radical (unpaired) electrons. The number of carbonyl (C=O) groups is 1. The van der Waals surface area contributed by atoms with Gasteiger partial charge in [-0.1, -0.05) is 12.5 Å². The van der Waals surface area contributed by atoms with Crippen LogP contribution in [0.25, 0.3) is 11.0 Å². The van der Waals surface area contributed by atoms with Crippen molar-refractivity contribution in [3.05, 3.63) is 34.2 Å². The molecule has 2 aliphatic carbocycles. The quantitative estimate of drug-likeness (QED) is 0.881. The van der Waals surface area contributed by atoms with Crippen LogP contribution in [0.2, 0.25) is 0 Å². The average Bonchev–Trinajstić information content (AvgIpc) is 3.09. The SMILES string of the molecule is O=C(O)c1cccc2c1[nH]c(=O)n2C1CC2CCC1C2. The Balaban J connectivity index is 1.92. The Kier molecular flexibility index (Phi) is 2.34. The van der Waals surface area contributed by atoms with E-state index in [4.69, 9.17) is 0 Å². The van der Waals surface area contributed by atoms with Gasteiger partial charge in [-0.25, -0.2) is 9.59 Å². The Bertz CT molecular complexity index is 758. The first kappa shape index (κ1) is 11.8. The van der Waals surface area contributed by atoms with Crippen LogP contribution in [0.4, 0.5) is 0 Å². The average molecular weight is 272 g/mol. The van der Waals surface area contributed by atoms with Gasteiger partial charge in [0.2, 0.25) is 0 Å². The van der Waals surface area contributed by atoms with Crippen LogP contribution in [0.3, 0.4) is 0 Å². The summed E-state index contributed by atoms with van der Waals surface area (Å²) in [6.45, 7) is 0. The summed E-state index contributed by atoms with van der Waals surface area (Å²) in [7, 11) is 0. The monoisotopic (exact) mass is 272 g/mol. The molecule has 3 unspecified atom stereocenters. The van der Waals surface area contributed by atoms with Gasteiger partial charge in [-0.3, -0.25) is 4.57 Å². The van der Waals surface area contributed by atoms with Crippen LogP contribution in [-0.4, -0.2) is 20.6 Å². The minimum absolute atomic E-state index is 0.168. The number of carboxylic acids is 1. The third-order valence-corrected chi connectivity index (χ3v) is 5.02. The number of aromatic carboxylic acids is 1. The lowest BCUT2D eigenvalue weighted by atomic mass is 9.95. The van der Waals surface area contributed by atoms with Gasteiger partial charge >= 0.3 is 11.7 Å². The van der Waals surface area contributed by atoms with Crippen molar-refractivity contribution in [3.63, 3.8) is 0 Å². The first-order chi connectivity index (χ1) is 9.65. The normalized spacial score (nSPS) is 28.3. The summed E-state index contributed by atoms with van der Waals surface area (Å²) in [4.78, 5) is 26.3. The summed E-state index contributed by atoms with van der Waals surface area (Å²) < 4.78 is 1.80. The molecule has 1 aromatic heterocycles. The molecule has 2 aliphatic rings. The maximum atomic E-state index is 12.3. The molecule has 4 rings (SSSR count). The van der Waals surface area contributed by atoms with E-state index >= 15 is 0 Å². The molecule has 1 heterocycles. The van der Waals surface area contributed by atoms with Crippen LogP contribution in [-0.2, 0) is 0 Å². The second kappa shape index (κ2) is 3.98.